The van der Waals surface area contributed by atoms with Crippen LogP contribution in [0.1, 0.15) is 39.3 Å². The lowest BCUT2D eigenvalue weighted by Gasteiger charge is -2.26. The molecule has 19 heavy (non-hydrogen) atoms. The van der Waals surface area contributed by atoms with Gasteiger partial charge < -0.3 is 0 Å². The molecule has 4 nitrogen and oxygen atoms in total. The average Bonchev–Trinajstić information content (AvgIpc) is 2.36. The third kappa shape index (κ3) is 5.58. The highest BCUT2D eigenvalue weighted by Gasteiger charge is 2.26. The number of nitrogens with zero attached hydrogens (tertiary/aromatic N) is 3. The maximum Gasteiger partial charge on any atom is 0.187 e. The summed E-state index contributed by atoms with van der Waals surface area (Å²) in [6, 6.07) is 4.26. The monoisotopic (exact) mass is 278 g/mol. The van der Waals surface area contributed by atoms with Crippen molar-refractivity contribution in [2.24, 2.45) is 0 Å². The first kappa shape index (κ1) is 15.9. The quantitative estimate of drug-likeness (QED) is 0.614. The minimum atomic E-state index is -0.480. The number of thioether (sulfide) groups is 1. The molecule has 0 aliphatic carbocycles. The summed E-state index contributed by atoms with van der Waals surface area (Å²) in [5.74, 6) is 0. The van der Waals surface area contributed by atoms with Crippen molar-refractivity contribution >= 4 is 11.8 Å². The molecule has 0 radical (unpaired) electrons. The van der Waals surface area contributed by atoms with Gasteiger partial charge in [-0.15, -0.1) is 0 Å². The van der Waals surface area contributed by atoms with E-state index < -0.39 is 5.54 Å². The van der Waals surface area contributed by atoms with Gasteiger partial charge in [-0.2, -0.15) is 5.26 Å². The number of hydrogen-bond donors (Lipinski definition) is 1. The molecule has 0 amide bonds. The number of hydrogen-bond acceptors (Lipinski definition) is 5. The fraction of sp³-hybridized carbons (Fsp3) is 0.643. The molecule has 0 saturated carbocycles. The molecule has 1 N–H and O–H groups in total. The number of nitriles is 1. The fourth-order valence-corrected chi connectivity index (χ4v) is 2.93. The van der Waals surface area contributed by atoms with E-state index in [0.717, 1.165) is 30.2 Å². The second kappa shape index (κ2) is 7.46. The molecular formula is C14H22N4S. The van der Waals surface area contributed by atoms with Crippen LogP contribution in [0, 0.1) is 18.3 Å². The van der Waals surface area contributed by atoms with Gasteiger partial charge in [-0.3, -0.25) is 5.32 Å². The third-order valence-electron chi connectivity index (χ3n) is 2.79. The summed E-state index contributed by atoms with van der Waals surface area (Å²) in [6.45, 7) is 8.99. The van der Waals surface area contributed by atoms with Crippen LogP contribution in [0.5, 0.6) is 0 Å². The molecule has 0 aliphatic rings. The zero-order valence-corrected chi connectivity index (χ0v) is 12.9. The Morgan fingerprint density at radius 3 is 2.89 bits per heavy atom. The Kier molecular flexibility index (Phi) is 6.26. The third-order valence-corrected chi connectivity index (χ3v) is 3.76. The van der Waals surface area contributed by atoms with Crippen LogP contribution in [0.4, 0.5) is 0 Å². The highest BCUT2D eigenvalue weighted by molar-refractivity contribution is 7.99. The van der Waals surface area contributed by atoms with E-state index in [9.17, 15) is 5.26 Å². The van der Waals surface area contributed by atoms with E-state index in [4.69, 9.17) is 0 Å². The van der Waals surface area contributed by atoms with Crippen LogP contribution in [0.3, 0.4) is 0 Å². The lowest BCUT2D eigenvalue weighted by Crippen LogP contribution is -2.43. The minimum absolute atomic E-state index is 0.288. The molecular weight excluding hydrogens is 256 g/mol. The maximum atomic E-state index is 9.32. The van der Waals surface area contributed by atoms with Crippen molar-refractivity contribution in [1.82, 2.24) is 15.3 Å². The van der Waals surface area contributed by atoms with Gasteiger partial charge in [-0.25, -0.2) is 9.97 Å². The van der Waals surface area contributed by atoms with Crippen LogP contribution in [0.2, 0.25) is 0 Å². The standard InChI is InChI=1S/C14H22N4S/c1-5-7-17-14(4,10-15)9-12(3)19-13-16-8-6-11(2)18-13/h6,8,12,17H,5,7,9H2,1-4H3. The molecule has 1 rings (SSSR count). The molecule has 5 heteroatoms. The summed E-state index contributed by atoms with van der Waals surface area (Å²) in [7, 11) is 0. The van der Waals surface area contributed by atoms with E-state index in [2.05, 4.69) is 35.2 Å². The molecule has 0 saturated heterocycles. The van der Waals surface area contributed by atoms with Gasteiger partial charge in [0.25, 0.3) is 0 Å². The molecule has 104 valence electrons. The number of rotatable bonds is 7. The Hall–Kier alpha value is -1.12. The highest BCUT2D eigenvalue weighted by atomic mass is 32.2. The fourth-order valence-electron chi connectivity index (χ4n) is 1.84. The summed E-state index contributed by atoms with van der Waals surface area (Å²) >= 11 is 1.62. The van der Waals surface area contributed by atoms with Crippen molar-refractivity contribution < 1.29 is 0 Å². The SMILES string of the molecule is CCCNC(C)(C#N)CC(C)Sc1nccc(C)n1. The Morgan fingerprint density at radius 2 is 2.32 bits per heavy atom. The molecule has 0 spiro atoms. The number of aryl methyl sites for hydroxylation is 1. The van der Waals surface area contributed by atoms with Crippen molar-refractivity contribution in [2.45, 2.75) is 56.5 Å². The van der Waals surface area contributed by atoms with Gasteiger partial charge in [0.15, 0.2) is 5.16 Å². The number of aromatic nitrogens is 2. The first-order valence-corrected chi connectivity index (χ1v) is 7.49. The van der Waals surface area contributed by atoms with Crippen molar-refractivity contribution in [3.8, 4) is 6.07 Å². The summed E-state index contributed by atoms with van der Waals surface area (Å²) in [6.07, 6.45) is 3.57. The van der Waals surface area contributed by atoms with Crippen LogP contribution in [0.15, 0.2) is 17.4 Å². The highest BCUT2D eigenvalue weighted by Crippen LogP contribution is 2.26. The smallest absolute Gasteiger partial charge is 0.187 e. The molecule has 0 bridgehead atoms. The first-order chi connectivity index (χ1) is 8.99. The van der Waals surface area contributed by atoms with Crippen LogP contribution in [0.25, 0.3) is 0 Å². The molecule has 0 fully saturated rings. The van der Waals surface area contributed by atoms with E-state index in [1.54, 1.807) is 18.0 Å². The molecule has 1 aromatic rings. The van der Waals surface area contributed by atoms with Crippen LogP contribution in [-0.4, -0.2) is 27.3 Å². The van der Waals surface area contributed by atoms with E-state index >= 15 is 0 Å². The van der Waals surface area contributed by atoms with Crippen LogP contribution in [-0.2, 0) is 0 Å². The average molecular weight is 278 g/mol. The van der Waals surface area contributed by atoms with E-state index in [-0.39, 0.29) is 5.25 Å². The Morgan fingerprint density at radius 1 is 1.58 bits per heavy atom. The van der Waals surface area contributed by atoms with Gasteiger partial charge in [-0.1, -0.05) is 25.6 Å². The lowest BCUT2D eigenvalue weighted by molar-refractivity contribution is 0.418. The maximum absolute atomic E-state index is 9.32. The van der Waals surface area contributed by atoms with Crippen LogP contribution < -0.4 is 5.32 Å². The lowest BCUT2D eigenvalue weighted by atomic mass is 9.98. The van der Waals surface area contributed by atoms with E-state index in [0.29, 0.717) is 0 Å². The van der Waals surface area contributed by atoms with Crippen LogP contribution >= 0.6 is 11.8 Å². The molecule has 1 heterocycles. The summed E-state index contributed by atoms with van der Waals surface area (Å²) < 4.78 is 0. The van der Waals surface area contributed by atoms with Gasteiger partial charge in [0, 0.05) is 17.1 Å². The van der Waals surface area contributed by atoms with Gasteiger partial charge in [-0.05, 0) is 39.3 Å². The first-order valence-electron chi connectivity index (χ1n) is 6.61. The molecule has 2 atom stereocenters. The largest absolute Gasteiger partial charge is 0.300 e. The predicted molar refractivity (Wildman–Crippen MR) is 79.0 cm³/mol. The minimum Gasteiger partial charge on any atom is -0.300 e. The van der Waals surface area contributed by atoms with Crippen molar-refractivity contribution in [2.75, 3.05) is 6.54 Å². The van der Waals surface area contributed by atoms with Gasteiger partial charge in [0.2, 0.25) is 0 Å². The normalized spacial score (nSPS) is 15.5. The Labute approximate surface area is 120 Å². The van der Waals surface area contributed by atoms with Crippen molar-refractivity contribution in [3.63, 3.8) is 0 Å². The zero-order valence-electron chi connectivity index (χ0n) is 12.1. The summed E-state index contributed by atoms with van der Waals surface area (Å²) in [5.41, 5.74) is 0.489. The second-order valence-corrected chi connectivity index (χ2v) is 6.39. The second-order valence-electron chi connectivity index (χ2n) is 4.98. The molecule has 0 aliphatic heterocycles. The summed E-state index contributed by atoms with van der Waals surface area (Å²) in [4.78, 5) is 8.63. The number of nitrogens with one attached hydrogen (secondary N) is 1. The molecule has 2 unspecified atom stereocenters. The Balaban J connectivity index is 2.58. The van der Waals surface area contributed by atoms with Crippen molar-refractivity contribution in [1.29, 1.82) is 5.26 Å². The van der Waals surface area contributed by atoms with Gasteiger partial charge in [0.1, 0.15) is 5.54 Å². The molecule has 0 aromatic carbocycles. The van der Waals surface area contributed by atoms with Gasteiger partial charge >= 0.3 is 0 Å². The van der Waals surface area contributed by atoms with Gasteiger partial charge in [0.05, 0.1) is 6.07 Å². The Bertz CT molecular complexity index is 443. The topological polar surface area (TPSA) is 61.6 Å². The van der Waals surface area contributed by atoms with E-state index in [1.807, 2.05) is 19.9 Å². The zero-order chi connectivity index (χ0) is 14.3. The van der Waals surface area contributed by atoms with Crippen molar-refractivity contribution in [3.05, 3.63) is 18.0 Å². The van der Waals surface area contributed by atoms with E-state index in [1.165, 1.54) is 0 Å². The summed E-state index contributed by atoms with van der Waals surface area (Å²) in [5, 5.41) is 13.7. The molecule has 1 aromatic heterocycles. The predicted octanol–water partition coefficient (Wildman–Crippen LogP) is 2.94.